The van der Waals surface area contributed by atoms with Crippen LogP contribution in [0.15, 0.2) is 103 Å². The zero-order valence-corrected chi connectivity index (χ0v) is 24.1. The van der Waals surface area contributed by atoms with E-state index in [1.165, 1.54) is 22.0 Å². The van der Waals surface area contributed by atoms with Crippen LogP contribution in [-0.4, -0.2) is 46.9 Å². The molecule has 0 radical (unpaired) electrons. The Morgan fingerprint density at radius 2 is 1.61 bits per heavy atom. The summed E-state index contributed by atoms with van der Waals surface area (Å²) in [5.41, 5.74) is 5.32. The fourth-order valence-corrected chi connectivity index (χ4v) is 4.50. The third-order valence-corrected chi connectivity index (χ3v) is 6.78. The number of carbonyl (C=O) groups excluding carboxylic acids is 1. The Labute approximate surface area is 252 Å². The topological polar surface area (TPSA) is 96.7 Å². The number of carboxylic acids is 1. The number of hydrogen-bond donors (Lipinski definition) is 2. The number of nitrogens with one attached hydrogen (secondary N) is 1. The van der Waals surface area contributed by atoms with Gasteiger partial charge in [-0.2, -0.15) is 13.2 Å². The monoisotopic (exact) mass is 604 g/mol. The van der Waals surface area contributed by atoms with Gasteiger partial charge in [0.15, 0.2) is 0 Å². The van der Waals surface area contributed by atoms with Gasteiger partial charge in [0.05, 0.1) is 7.11 Å². The van der Waals surface area contributed by atoms with Crippen LogP contribution in [0, 0.1) is 0 Å². The smallest absolute Gasteiger partial charge is 0.490 e. The van der Waals surface area contributed by atoms with Gasteiger partial charge in [0.1, 0.15) is 11.6 Å². The summed E-state index contributed by atoms with van der Waals surface area (Å²) in [5, 5.41) is 11.3. The molecular weight excluding hydrogens is 573 g/mol. The van der Waals surface area contributed by atoms with Gasteiger partial charge in [-0.05, 0) is 72.1 Å². The van der Waals surface area contributed by atoms with Crippen molar-refractivity contribution in [3.05, 3.63) is 115 Å². The molecule has 0 spiro atoms. The Morgan fingerprint density at radius 1 is 0.955 bits per heavy atom. The number of pyridine rings is 1. The maximum absolute atomic E-state index is 12.8. The Balaban J connectivity index is 0.000000566. The van der Waals surface area contributed by atoms with Crippen molar-refractivity contribution in [3.8, 4) is 5.75 Å². The normalized spacial score (nSPS) is 10.9. The maximum atomic E-state index is 12.8. The van der Waals surface area contributed by atoms with Gasteiger partial charge in [0, 0.05) is 54.7 Å². The van der Waals surface area contributed by atoms with E-state index < -0.39 is 12.1 Å². The molecule has 5 aromatic rings. The number of nitrogens with zero attached hydrogens (tertiary/aromatic N) is 3. The molecule has 0 saturated carbocycles. The first-order valence-corrected chi connectivity index (χ1v) is 13.6. The predicted octanol–water partition coefficient (Wildman–Crippen LogP) is 7.07. The minimum absolute atomic E-state index is 0.00202. The lowest BCUT2D eigenvalue weighted by Crippen LogP contribution is -2.21. The molecule has 0 atom stereocenters. The number of benzene rings is 3. The zero-order chi connectivity index (χ0) is 31.7. The van der Waals surface area contributed by atoms with Gasteiger partial charge in [-0.1, -0.05) is 36.4 Å². The van der Waals surface area contributed by atoms with E-state index >= 15 is 0 Å². The highest BCUT2D eigenvalue weighted by molar-refractivity contribution is 5.92. The molecule has 0 aliphatic carbocycles. The molecule has 5 rings (SSSR count). The highest BCUT2D eigenvalue weighted by Gasteiger charge is 2.38. The minimum Gasteiger partial charge on any atom is -0.497 e. The summed E-state index contributed by atoms with van der Waals surface area (Å²) in [6.07, 6.45) is -0.0596. The molecule has 0 bridgehead atoms. The third kappa shape index (κ3) is 8.37. The lowest BCUT2D eigenvalue weighted by Gasteiger charge is -2.18. The Hall–Kier alpha value is -5.32. The number of anilines is 3. The van der Waals surface area contributed by atoms with Gasteiger partial charge < -0.3 is 24.6 Å². The predicted molar refractivity (Wildman–Crippen MR) is 163 cm³/mol. The van der Waals surface area contributed by atoms with Crippen molar-refractivity contribution in [2.75, 3.05) is 24.4 Å². The lowest BCUT2D eigenvalue weighted by molar-refractivity contribution is -0.192. The third-order valence-electron chi connectivity index (χ3n) is 6.78. The fraction of sp³-hybridized carbons (Fsp3) is 0.182. The summed E-state index contributed by atoms with van der Waals surface area (Å²) in [4.78, 5) is 28.1. The minimum atomic E-state index is -5.08. The summed E-state index contributed by atoms with van der Waals surface area (Å²) in [6, 6.07) is 30.1. The van der Waals surface area contributed by atoms with E-state index in [-0.39, 0.29) is 5.91 Å². The number of aliphatic carboxylic acids is 1. The molecule has 0 saturated heterocycles. The van der Waals surface area contributed by atoms with E-state index in [4.69, 9.17) is 14.6 Å². The van der Waals surface area contributed by atoms with Crippen LogP contribution >= 0.6 is 0 Å². The van der Waals surface area contributed by atoms with E-state index in [1.54, 1.807) is 13.3 Å². The number of fused-ring (bicyclic) bond motifs is 1. The molecule has 3 aromatic carbocycles. The molecule has 0 aliphatic heterocycles. The second kappa shape index (κ2) is 14.2. The van der Waals surface area contributed by atoms with Gasteiger partial charge >= 0.3 is 12.1 Å². The summed E-state index contributed by atoms with van der Waals surface area (Å²) in [5.74, 6) is -1.04. The SMILES string of the molecule is COc1ccc(Cn2cc(CCC(=O)Nc3ccc(N(C)c4ccccn4)cc3)c3ccccc32)cc1.O=C(O)C(F)(F)F. The van der Waals surface area contributed by atoms with E-state index in [0.717, 1.165) is 29.5 Å². The van der Waals surface area contributed by atoms with Crippen LogP contribution in [0.4, 0.5) is 30.4 Å². The van der Waals surface area contributed by atoms with Crippen LogP contribution in [-0.2, 0) is 22.6 Å². The number of carboxylic acid groups (broad SMARTS) is 1. The maximum Gasteiger partial charge on any atom is 0.490 e. The van der Waals surface area contributed by atoms with E-state index in [2.05, 4.69) is 51.4 Å². The first-order chi connectivity index (χ1) is 21.0. The number of rotatable bonds is 9. The summed E-state index contributed by atoms with van der Waals surface area (Å²) in [7, 11) is 3.65. The van der Waals surface area contributed by atoms with Gasteiger partial charge in [-0.15, -0.1) is 0 Å². The van der Waals surface area contributed by atoms with Crippen LogP contribution in [0.3, 0.4) is 0 Å². The van der Waals surface area contributed by atoms with Crippen LogP contribution in [0.25, 0.3) is 10.9 Å². The number of alkyl halides is 3. The molecule has 0 fully saturated rings. The highest BCUT2D eigenvalue weighted by atomic mass is 19.4. The summed E-state index contributed by atoms with van der Waals surface area (Å²) >= 11 is 0. The number of para-hydroxylation sites is 1. The zero-order valence-electron chi connectivity index (χ0n) is 24.1. The number of methoxy groups -OCH3 is 1. The Kier molecular flexibility index (Phi) is 10.2. The standard InChI is InChI=1S/C31H30N4O2.C2HF3O2/c1-34(30-9-5-6-20-32-30)26-15-13-25(14-16-26)33-31(36)19-12-24-22-35(29-8-4-3-7-28(24)29)21-23-10-17-27(37-2)18-11-23;3-2(4,5)1(6)7/h3-11,13-18,20,22H,12,19,21H2,1-2H3,(H,33,36);(H,6,7). The van der Waals surface area contributed by atoms with Crippen molar-refractivity contribution in [1.82, 2.24) is 9.55 Å². The molecule has 228 valence electrons. The Morgan fingerprint density at radius 3 is 2.23 bits per heavy atom. The molecule has 8 nitrogen and oxygen atoms in total. The highest BCUT2D eigenvalue weighted by Crippen LogP contribution is 2.26. The van der Waals surface area contributed by atoms with Crippen molar-refractivity contribution in [2.24, 2.45) is 0 Å². The molecule has 0 aliphatic rings. The number of aromatic nitrogens is 2. The van der Waals surface area contributed by atoms with Crippen molar-refractivity contribution >= 4 is 40.0 Å². The molecule has 2 aromatic heterocycles. The number of ether oxygens (including phenoxy) is 1. The first kappa shape index (κ1) is 31.6. The largest absolute Gasteiger partial charge is 0.497 e. The first-order valence-electron chi connectivity index (χ1n) is 13.6. The van der Waals surface area contributed by atoms with Crippen LogP contribution < -0.4 is 15.0 Å². The van der Waals surface area contributed by atoms with Gasteiger partial charge in [-0.3, -0.25) is 4.79 Å². The summed E-state index contributed by atoms with van der Waals surface area (Å²) in [6.45, 7) is 0.760. The number of halogens is 3. The van der Waals surface area contributed by atoms with Crippen molar-refractivity contribution in [1.29, 1.82) is 0 Å². The van der Waals surface area contributed by atoms with E-state index in [9.17, 15) is 18.0 Å². The average molecular weight is 605 g/mol. The van der Waals surface area contributed by atoms with E-state index in [0.29, 0.717) is 12.8 Å². The number of carbonyl (C=O) groups is 2. The number of amides is 1. The molecule has 1 amide bonds. The average Bonchev–Trinajstić information content (AvgIpc) is 3.38. The molecule has 44 heavy (non-hydrogen) atoms. The second-order valence-electron chi connectivity index (χ2n) is 9.79. The van der Waals surface area contributed by atoms with Crippen molar-refractivity contribution in [2.45, 2.75) is 25.6 Å². The lowest BCUT2D eigenvalue weighted by atomic mass is 10.1. The van der Waals surface area contributed by atoms with Crippen LogP contribution in [0.2, 0.25) is 0 Å². The summed E-state index contributed by atoms with van der Waals surface area (Å²) < 4.78 is 39.3. The quantitative estimate of drug-likeness (QED) is 0.187. The van der Waals surface area contributed by atoms with Crippen LogP contribution in [0.1, 0.15) is 17.5 Å². The fourth-order valence-electron chi connectivity index (χ4n) is 4.50. The van der Waals surface area contributed by atoms with Crippen molar-refractivity contribution < 1.29 is 32.6 Å². The number of hydrogen-bond acceptors (Lipinski definition) is 5. The molecule has 2 N–H and O–H groups in total. The van der Waals surface area contributed by atoms with Gasteiger partial charge in [0.2, 0.25) is 5.91 Å². The second-order valence-corrected chi connectivity index (χ2v) is 9.79. The number of aryl methyl sites for hydroxylation is 1. The van der Waals surface area contributed by atoms with E-state index in [1.807, 2.05) is 72.6 Å². The molecule has 11 heteroatoms. The molecule has 0 unspecified atom stereocenters. The van der Waals surface area contributed by atoms with Crippen LogP contribution in [0.5, 0.6) is 5.75 Å². The molecular formula is C33H31F3N4O4. The van der Waals surface area contributed by atoms with Gasteiger partial charge in [-0.25, -0.2) is 9.78 Å². The molecule has 2 heterocycles. The Bertz CT molecular complexity index is 1690. The van der Waals surface area contributed by atoms with Crippen molar-refractivity contribution in [3.63, 3.8) is 0 Å². The van der Waals surface area contributed by atoms with Gasteiger partial charge in [0.25, 0.3) is 0 Å².